The van der Waals surface area contributed by atoms with Crippen LogP contribution in [0.4, 0.5) is 5.69 Å². The summed E-state index contributed by atoms with van der Waals surface area (Å²) in [6.07, 6.45) is 1.11. The van der Waals surface area contributed by atoms with Crippen molar-refractivity contribution in [1.29, 1.82) is 0 Å². The third-order valence-electron chi connectivity index (χ3n) is 2.86. The van der Waals surface area contributed by atoms with Gasteiger partial charge in [0.2, 0.25) is 0 Å². The lowest BCUT2D eigenvalue weighted by Crippen LogP contribution is -2.28. The molecule has 76 valence electrons. The van der Waals surface area contributed by atoms with Crippen molar-refractivity contribution in [3.05, 3.63) is 23.8 Å². The summed E-state index contributed by atoms with van der Waals surface area (Å²) >= 11 is 0. The number of nitrogens with zero attached hydrogens (tertiary/aromatic N) is 1. The molecule has 2 nitrogen and oxygen atoms in total. The summed E-state index contributed by atoms with van der Waals surface area (Å²) < 4.78 is 5.36. The van der Waals surface area contributed by atoms with E-state index in [0.29, 0.717) is 6.04 Å². The van der Waals surface area contributed by atoms with Gasteiger partial charge in [0.05, 0.1) is 7.11 Å². The maximum absolute atomic E-state index is 5.36. The first-order valence-corrected chi connectivity index (χ1v) is 5.16. The molecule has 2 rings (SSSR count). The molecular formula is C12H17NO. The van der Waals surface area contributed by atoms with Gasteiger partial charge in [-0.05, 0) is 32.4 Å². The van der Waals surface area contributed by atoms with Crippen LogP contribution in [0.2, 0.25) is 0 Å². The highest BCUT2D eigenvalue weighted by atomic mass is 16.5. The van der Waals surface area contributed by atoms with Gasteiger partial charge in [-0.25, -0.2) is 0 Å². The molecular weight excluding hydrogens is 174 g/mol. The van der Waals surface area contributed by atoms with Gasteiger partial charge in [0, 0.05) is 23.8 Å². The lowest BCUT2D eigenvalue weighted by Gasteiger charge is -2.23. The Morgan fingerprint density at radius 3 is 2.79 bits per heavy atom. The SMILES string of the molecule is COc1cccc2c1CCN2C(C)C. The van der Waals surface area contributed by atoms with Crippen LogP contribution in [-0.4, -0.2) is 19.7 Å². The standard InChI is InChI=1S/C12H17NO/c1-9(2)13-8-7-10-11(13)5-4-6-12(10)14-3/h4-6,9H,7-8H2,1-3H3. The predicted octanol–water partition coefficient (Wildman–Crippen LogP) is 2.47. The maximum Gasteiger partial charge on any atom is 0.124 e. The normalized spacial score (nSPS) is 14.7. The van der Waals surface area contributed by atoms with Crippen LogP contribution in [0.3, 0.4) is 0 Å². The average molecular weight is 191 g/mol. The van der Waals surface area contributed by atoms with E-state index < -0.39 is 0 Å². The minimum Gasteiger partial charge on any atom is -0.496 e. The molecule has 0 aliphatic carbocycles. The highest BCUT2D eigenvalue weighted by Gasteiger charge is 2.23. The van der Waals surface area contributed by atoms with Crippen molar-refractivity contribution in [3.8, 4) is 5.75 Å². The van der Waals surface area contributed by atoms with E-state index in [9.17, 15) is 0 Å². The Kier molecular flexibility index (Phi) is 2.36. The van der Waals surface area contributed by atoms with Crippen molar-refractivity contribution < 1.29 is 4.74 Å². The Balaban J connectivity index is 2.41. The monoisotopic (exact) mass is 191 g/mol. The zero-order valence-electron chi connectivity index (χ0n) is 9.08. The van der Waals surface area contributed by atoms with Crippen LogP contribution < -0.4 is 9.64 Å². The van der Waals surface area contributed by atoms with Gasteiger partial charge in [0.15, 0.2) is 0 Å². The minimum atomic E-state index is 0.573. The number of benzene rings is 1. The molecule has 0 bridgehead atoms. The first-order chi connectivity index (χ1) is 6.74. The molecule has 0 radical (unpaired) electrons. The molecule has 0 saturated carbocycles. The van der Waals surface area contributed by atoms with Gasteiger partial charge in [-0.2, -0.15) is 0 Å². The summed E-state index contributed by atoms with van der Waals surface area (Å²) in [5.74, 6) is 1.03. The van der Waals surface area contributed by atoms with Gasteiger partial charge in [-0.15, -0.1) is 0 Å². The quantitative estimate of drug-likeness (QED) is 0.712. The molecule has 0 atom stereocenters. The van der Waals surface area contributed by atoms with Crippen LogP contribution in [-0.2, 0) is 6.42 Å². The molecule has 1 heterocycles. The maximum atomic E-state index is 5.36. The summed E-state index contributed by atoms with van der Waals surface area (Å²) in [4.78, 5) is 2.43. The van der Waals surface area contributed by atoms with Gasteiger partial charge in [0.1, 0.15) is 5.75 Å². The fourth-order valence-electron chi connectivity index (χ4n) is 2.15. The molecule has 0 N–H and O–H groups in total. The predicted molar refractivity (Wildman–Crippen MR) is 59.2 cm³/mol. The van der Waals surface area contributed by atoms with Crippen LogP contribution in [0.1, 0.15) is 19.4 Å². The fraction of sp³-hybridized carbons (Fsp3) is 0.500. The van der Waals surface area contributed by atoms with E-state index in [0.717, 1.165) is 18.7 Å². The van der Waals surface area contributed by atoms with Crippen molar-refractivity contribution in [2.45, 2.75) is 26.3 Å². The Morgan fingerprint density at radius 1 is 1.36 bits per heavy atom. The highest BCUT2D eigenvalue weighted by Crippen LogP contribution is 2.35. The molecule has 1 aromatic rings. The van der Waals surface area contributed by atoms with E-state index in [-0.39, 0.29) is 0 Å². The molecule has 0 amide bonds. The largest absolute Gasteiger partial charge is 0.496 e. The van der Waals surface area contributed by atoms with Gasteiger partial charge in [-0.1, -0.05) is 6.07 Å². The Labute approximate surface area is 85.5 Å². The number of anilines is 1. The number of fused-ring (bicyclic) bond motifs is 1. The zero-order chi connectivity index (χ0) is 10.1. The number of methoxy groups -OCH3 is 1. The van der Waals surface area contributed by atoms with Crippen LogP contribution in [0.15, 0.2) is 18.2 Å². The second-order valence-electron chi connectivity index (χ2n) is 4.00. The Bertz CT molecular complexity index is 333. The van der Waals surface area contributed by atoms with Crippen LogP contribution >= 0.6 is 0 Å². The summed E-state index contributed by atoms with van der Waals surface area (Å²) in [6.45, 7) is 5.58. The van der Waals surface area contributed by atoms with Crippen LogP contribution in [0, 0.1) is 0 Å². The Morgan fingerprint density at radius 2 is 2.14 bits per heavy atom. The van der Waals surface area contributed by atoms with E-state index in [2.05, 4.69) is 30.9 Å². The molecule has 1 aliphatic rings. The number of ether oxygens (including phenoxy) is 1. The topological polar surface area (TPSA) is 12.5 Å². The van der Waals surface area contributed by atoms with Crippen molar-refractivity contribution in [3.63, 3.8) is 0 Å². The lowest BCUT2D eigenvalue weighted by molar-refractivity contribution is 0.411. The average Bonchev–Trinajstić information content (AvgIpc) is 2.60. The van der Waals surface area contributed by atoms with E-state index >= 15 is 0 Å². The number of hydrogen-bond acceptors (Lipinski definition) is 2. The number of hydrogen-bond donors (Lipinski definition) is 0. The second kappa shape index (κ2) is 3.52. The van der Waals surface area contributed by atoms with Gasteiger partial charge in [-0.3, -0.25) is 0 Å². The van der Waals surface area contributed by atoms with Crippen molar-refractivity contribution in [1.82, 2.24) is 0 Å². The number of rotatable bonds is 2. The van der Waals surface area contributed by atoms with Crippen LogP contribution in [0.5, 0.6) is 5.75 Å². The molecule has 1 aliphatic heterocycles. The fourth-order valence-corrected chi connectivity index (χ4v) is 2.15. The smallest absolute Gasteiger partial charge is 0.124 e. The molecule has 0 saturated heterocycles. The second-order valence-corrected chi connectivity index (χ2v) is 4.00. The van der Waals surface area contributed by atoms with E-state index in [1.807, 2.05) is 6.07 Å². The third-order valence-corrected chi connectivity index (χ3v) is 2.86. The third kappa shape index (κ3) is 1.35. The molecule has 0 fully saturated rings. The molecule has 0 spiro atoms. The summed E-state index contributed by atoms with van der Waals surface area (Å²) in [5.41, 5.74) is 2.71. The highest BCUT2D eigenvalue weighted by molar-refractivity contribution is 5.63. The minimum absolute atomic E-state index is 0.573. The Hall–Kier alpha value is -1.18. The van der Waals surface area contributed by atoms with E-state index in [1.165, 1.54) is 11.3 Å². The van der Waals surface area contributed by atoms with E-state index in [4.69, 9.17) is 4.74 Å². The molecule has 0 unspecified atom stereocenters. The van der Waals surface area contributed by atoms with Crippen molar-refractivity contribution in [2.24, 2.45) is 0 Å². The molecule has 0 aromatic heterocycles. The van der Waals surface area contributed by atoms with Crippen molar-refractivity contribution >= 4 is 5.69 Å². The van der Waals surface area contributed by atoms with E-state index in [1.54, 1.807) is 7.11 Å². The van der Waals surface area contributed by atoms with Gasteiger partial charge in [0.25, 0.3) is 0 Å². The summed E-state index contributed by atoms with van der Waals surface area (Å²) in [6, 6.07) is 6.87. The van der Waals surface area contributed by atoms with Crippen molar-refractivity contribution in [2.75, 3.05) is 18.6 Å². The molecule has 2 heteroatoms. The zero-order valence-corrected chi connectivity index (χ0v) is 9.08. The van der Waals surface area contributed by atoms with Gasteiger partial charge < -0.3 is 9.64 Å². The molecule has 14 heavy (non-hydrogen) atoms. The summed E-state index contributed by atoms with van der Waals surface area (Å²) in [5, 5.41) is 0. The van der Waals surface area contributed by atoms with Gasteiger partial charge >= 0.3 is 0 Å². The summed E-state index contributed by atoms with van der Waals surface area (Å²) in [7, 11) is 1.74. The first kappa shape index (κ1) is 9.38. The van der Waals surface area contributed by atoms with Crippen LogP contribution in [0.25, 0.3) is 0 Å². The lowest BCUT2D eigenvalue weighted by atomic mass is 10.1. The first-order valence-electron chi connectivity index (χ1n) is 5.16. The molecule has 1 aromatic carbocycles.